The summed E-state index contributed by atoms with van der Waals surface area (Å²) in [4.78, 5) is 18.4. The highest BCUT2D eigenvalue weighted by atomic mass is 127. The zero-order chi connectivity index (χ0) is 20.0. The van der Waals surface area contributed by atoms with Crippen LogP contribution >= 0.6 is 24.0 Å². The van der Waals surface area contributed by atoms with Crippen molar-refractivity contribution in [1.82, 2.24) is 15.5 Å². The van der Waals surface area contributed by atoms with Crippen LogP contribution < -0.4 is 10.6 Å². The van der Waals surface area contributed by atoms with Crippen LogP contribution in [-0.2, 0) is 16.0 Å². The molecule has 164 valence electrons. The van der Waals surface area contributed by atoms with Crippen molar-refractivity contribution in [2.75, 3.05) is 39.4 Å². The van der Waals surface area contributed by atoms with Gasteiger partial charge in [0.25, 0.3) is 0 Å². The molecule has 1 fully saturated rings. The van der Waals surface area contributed by atoms with E-state index in [4.69, 9.17) is 4.74 Å². The molecule has 1 aromatic rings. The molecule has 1 aromatic carbocycles. The Labute approximate surface area is 192 Å². The monoisotopic (exact) mass is 516 g/mol. The van der Waals surface area contributed by atoms with Gasteiger partial charge in [0.1, 0.15) is 0 Å². The van der Waals surface area contributed by atoms with Gasteiger partial charge in [-0.3, -0.25) is 9.79 Å². The van der Waals surface area contributed by atoms with Gasteiger partial charge in [-0.25, -0.2) is 0 Å². The van der Waals surface area contributed by atoms with Crippen molar-refractivity contribution in [2.24, 2.45) is 4.99 Å². The molecule has 6 nitrogen and oxygen atoms in total. The van der Waals surface area contributed by atoms with Crippen molar-refractivity contribution in [1.29, 1.82) is 0 Å². The van der Waals surface area contributed by atoms with Crippen molar-refractivity contribution in [3.63, 3.8) is 0 Å². The third-order valence-corrected chi connectivity index (χ3v) is 4.87. The van der Waals surface area contributed by atoms with Gasteiger partial charge in [-0.1, -0.05) is 37.3 Å². The van der Waals surface area contributed by atoms with Gasteiger partial charge in [-0.2, -0.15) is 0 Å². The van der Waals surface area contributed by atoms with Crippen LogP contribution in [0, 0.1) is 0 Å². The molecular formula is C22H37IN4O2. The van der Waals surface area contributed by atoms with Crippen molar-refractivity contribution in [2.45, 2.75) is 52.0 Å². The normalized spacial score (nSPS) is 16.4. The number of guanidine groups is 1. The molecule has 2 N–H and O–H groups in total. The summed E-state index contributed by atoms with van der Waals surface area (Å²) in [6.45, 7) is 8.76. The van der Waals surface area contributed by atoms with E-state index in [1.807, 2.05) is 17.9 Å². The van der Waals surface area contributed by atoms with Gasteiger partial charge in [0, 0.05) is 45.2 Å². The minimum atomic E-state index is 0. The summed E-state index contributed by atoms with van der Waals surface area (Å²) in [6, 6.07) is 10.7. The summed E-state index contributed by atoms with van der Waals surface area (Å²) in [6.07, 6.45) is 4.54. The van der Waals surface area contributed by atoms with E-state index in [1.54, 1.807) is 0 Å². The zero-order valence-corrected chi connectivity index (χ0v) is 20.2. The summed E-state index contributed by atoms with van der Waals surface area (Å²) in [5.74, 6) is 1.08. The molecule has 0 spiro atoms. The first-order valence-corrected chi connectivity index (χ1v) is 10.7. The van der Waals surface area contributed by atoms with Gasteiger partial charge in [-0.05, 0) is 38.2 Å². The lowest BCUT2D eigenvalue weighted by Crippen LogP contribution is -2.45. The molecule has 1 saturated heterocycles. The number of unbranched alkanes of at least 4 members (excludes halogenated alkanes) is 1. The van der Waals surface area contributed by atoms with Crippen LogP contribution in [0.15, 0.2) is 35.3 Å². The lowest BCUT2D eigenvalue weighted by molar-refractivity contribution is -0.129. The van der Waals surface area contributed by atoms with E-state index in [0.29, 0.717) is 6.42 Å². The maximum absolute atomic E-state index is 11.8. The number of halogens is 1. The molecule has 1 heterocycles. The zero-order valence-electron chi connectivity index (χ0n) is 17.9. The number of nitrogens with zero attached hydrogens (tertiary/aromatic N) is 2. The number of carbonyl (C=O) groups is 1. The maximum atomic E-state index is 11.8. The highest BCUT2D eigenvalue weighted by Crippen LogP contribution is 2.10. The average molecular weight is 516 g/mol. The molecule has 0 aliphatic carbocycles. The number of hydrogen-bond acceptors (Lipinski definition) is 3. The third-order valence-electron chi connectivity index (χ3n) is 4.87. The molecular weight excluding hydrogens is 479 g/mol. The summed E-state index contributed by atoms with van der Waals surface area (Å²) in [7, 11) is 0. The summed E-state index contributed by atoms with van der Waals surface area (Å²) < 4.78 is 5.73. The van der Waals surface area contributed by atoms with E-state index in [1.165, 1.54) is 5.56 Å². The van der Waals surface area contributed by atoms with Crippen LogP contribution in [0.3, 0.4) is 0 Å². The molecule has 1 atom stereocenters. The van der Waals surface area contributed by atoms with E-state index in [2.05, 4.69) is 46.8 Å². The molecule has 0 bridgehead atoms. The van der Waals surface area contributed by atoms with Crippen molar-refractivity contribution < 1.29 is 9.53 Å². The highest BCUT2D eigenvalue weighted by molar-refractivity contribution is 14.0. The van der Waals surface area contributed by atoms with Crippen molar-refractivity contribution >= 4 is 35.8 Å². The van der Waals surface area contributed by atoms with E-state index in [-0.39, 0.29) is 35.9 Å². The van der Waals surface area contributed by atoms with Gasteiger partial charge in [0.05, 0.1) is 6.61 Å². The fourth-order valence-electron chi connectivity index (χ4n) is 3.29. The Morgan fingerprint density at radius 3 is 2.72 bits per heavy atom. The first-order chi connectivity index (χ1) is 13.7. The van der Waals surface area contributed by atoms with Crippen molar-refractivity contribution in [3.8, 4) is 0 Å². The number of rotatable bonds is 11. The predicted molar refractivity (Wildman–Crippen MR) is 130 cm³/mol. The second-order valence-corrected chi connectivity index (χ2v) is 7.14. The lowest BCUT2D eigenvalue weighted by Gasteiger charge is -2.18. The smallest absolute Gasteiger partial charge is 0.222 e. The van der Waals surface area contributed by atoms with E-state index >= 15 is 0 Å². The molecule has 0 aromatic heterocycles. The van der Waals surface area contributed by atoms with Crippen LogP contribution in [0.5, 0.6) is 0 Å². The summed E-state index contributed by atoms with van der Waals surface area (Å²) in [5.41, 5.74) is 1.32. The number of carbonyl (C=O) groups excluding carboxylic acids is 1. The molecule has 0 saturated carbocycles. The van der Waals surface area contributed by atoms with Crippen LogP contribution in [0.4, 0.5) is 0 Å². The number of amides is 1. The Balaban J connectivity index is 0.00000420. The topological polar surface area (TPSA) is 66.0 Å². The first kappa shape index (κ1) is 25.7. The number of aliphatic imine (C=N–C) groups is 1. The minimum Gasteiger partial charge on any atom is -0.381 e. The Morgan fingerprint density at radius 1 is 1.21 bits per heavy atom. The molecule has 1 aliphatic rings. The fourth-order valence-corrected chi connectivity index (χ4v) is 3.29. The molecule has 0 radical (unpaired) electrons. The molecule has 1 amide bonds. The standard InChI is InChI=1S/C22H36N4O2.HI/c1-3-21(27)26-15-12-20(18-26)25-22(23-4-2)24-14-8-9-16-28-17-13-19-10-6-5-7-11-19;/h5-7,10-11,20H,3-4,8-9,12-18H2,1-2H3,(H2,23,24,25);1H. The summed E-state index contributed by atoms with van der Waals surface area (Å²) >= 11 is 0. The average Bonchev–Trinajstić information content (AvgIpc) is 3.18. The summed E-state index contributed by atoms with van der Waals surface area (Å²) in [5, 5.41) is 6.77. The Hall–Kier alpha value is -1.35. The van der Waals surface area contributed by atoms with Crippen LogP contribution in [0.2, 0.25) is 0 Å². The molecule has 2 rings (SSSR count). The van der Waals surface area contributed by atoms with Crippen LogP contribution in [0.1, 0.15) is 45.1 Å². The van der Waals surface area contributed by atoms with Crippen molar-refractivity contribution in [3.05, 3.63) is 35.9 Å². The Kier molecular flexibility index (Phi) is 13.7. The SMILES string of the molecule is CCNC(=NCCCCOCCc1ccccc1)NC1CCN(C(=O)CC)C1.I. The molecule has 29 heavy (non-hydrogen) atoms. The molecule has 1 aliphatic heterocycles. The first-order valence-electron chi connectivity index (χ1n) is 10.7. The van der Waals surface area contributed by atoms with Gasteiger partial charge in [0.15, 0.2) is 5.96 Å². The van der Waals surface area contributed by atoms with Gasteiger partial charge < -0.3 is 20.3 Å². The largest absolute Gasteiger partial charge is 0.381 e. The van der Waals surface area contributed by atoms with E-state index in [9.17, 15) is 4.79 Å². The van der Waals surface area contributed by atoms with E-state index in [0.717, 1.165) is 71.0 Å². The predicted octanol–water partition coefficient (Wildman–Crippen LogP) is 3.21. The fraction of sp³-hybridized carbons (Fsp3) is 0.636. The molecule has 7 heteroatoms. The molecule has 1 unspecified atom stereocenters. The van der Waals surface area contributed by atoms with Crippen LogP contribution in [-0.4, -0.2) is 62.2 Å². The number of hydrogen-bond donors (Lipinski definition) is 2. The van der Waals surface area contributed by atoms with Gasteiger partial charge in [-0.15, -0.1) is 24.0 Å². The quantitative estimate of drug-likeness (QED) is 0.205. The van der Waals surface area contributed by atoms with E-state index < -0.39 is 0 Å². The number of nitrogens with one attached hydrogen (secondary N) is 2. The second kappa shape index (κ2) is 15.5. The number of benzene rings is 1. The number of likely N-dealkylation sites (tertiary alicyclic amines) is 1. The van der Waals surface area contributed by atoms with Gasteiger partial charge in [0.2, 0.25) is 5.91 Å². The number of ether oxygens (including phenoxy) is 1. The van der Waals surface area contributed by atoms with Gasteiger partial charge >= 0.3 is 0 Å². The maximum Gasteiger partial charge on any atom is 0.222 e. The minimum absolute atomic E-state index is 0. The Bertz CT molecular complexity index is 598. The second-order valence-electron chi connectivity index (χ2n) is 7.14. The lowest BCUT2D eigenvalue weighted by atomic mass is 10.2. The van der Waals surface area contributed by atoms with Crippen LogP contribution in [0.25, 0.3) is 0 Å². The Morgan fingerprint density at radius 2 is 2.00 bits per heavy atom. The highest BCUT2D eigenvalue weighted by Gasteiger charge is 2.25. The third kappa shape index (κ3) is 10.3.